The number of aromatic nitrogens is 6. The fraction of sp³-hybridized carbons (Fsp3) is 0.133. The molecule has 0 aliphatic heterocycles. The first-order chi connectivity index (χ1) is 10.6. The zero-order chi connectivity index (χ0) is 15.3. The van der Waals surface area contributed by atoms with E-state index in [4.69, 9.17) is 0 Å². The van der Waals surface area contributed by atoms with Gasteiger partial charge in [0.25, 0.3) is 11.3 Å². The molecule has 0 aliphatic rings. The average molecular weight is 292 g/mol. The molecule has 0 bridgehead atoms. The van der Waals surface area contributed by atoms with E-state index < -0.39 is 0 Å². The second-order valence-corrected chi connectivity index (χ2v) is 5.16. The summed E-state index contributed by atoms with van der Waals surface area (Å²) >= 11 is 0. The fourth-order valence-corrected chi connectivity index (χ4v) is 2.38. The summed E-state index contributed by atoms with van der Waals surface area (Å²) in [5.41, 5.74) is 2.76. The van der Waals surface area contributed by atoms with Crippen LogP contribution in [0, 0.1) is 13.8 Å². The minimum absolute atomic E-state index is 0.126. The highest BCUT2D eigenvalue weighted by atomic mass is 16.1. The van der Waals surface area contributed by atoms with Gasteiger partial charge in [0.1, 0.15) is 11.5 Å². The van der Waals surface area contributed by atoms with Crippen LogP contribution in [0.1, 0.15) is 11.4 Å². The van der Waals surface area contributed by atoms with Crippen molar-refractivity contribution in [3.05, 3.63) is 58.5 Å². The smallest absolute Gasteiger partial charge is 0.258 e. The molecule has 4 rings (SSSR count). The Kier molecular flexibility index (Phi) is 2.56. The van der Waals surface area contributed by atoms with E-state index in [0.717, 1.165) is 11.1 Å². The quantitative estimate of drug-likeness (QED) is 0.530. The zero-order valence-electron chi connectivity index (χ0n) is 12.1. The topological polar surface area (TPSA) is 77.4 Å². The first-order valence-corrected chi connectivity index (χ1v) is 6.80. The average Bonchev–Trinajstić information content (AvgIpc) is 2.87. The number of aryl methyl sites for hydroxylation is 2. The number of pyridine rings is 1. The highest BCUT2D eigenvalue weighted by molar-refractivity contribution is 5.60. The van der Waals surface area contributed by atoms with Crippen LogP contribution in [0.15, 0.2) is 41.6 Å². The van der Waals surface area contributed by atoms with E-state index >= 15 is 0 Å². The lowest BCUT2D eigenvalue weighted by Crippen LogP contribution is -2.14. The molecule has 0 spiro atoms. The van der Waals surface area contributed by atoms with Crippen molar-refractivity contribution in [1.82, 2.24) is 29.0 Å². The van der Waals surface area contributed by atoms with Crippen LogP contribution in [0.5, 0.6) is 0 Å². The lowest BCUT2D eigenvalue weighted by molar-refractivity contribution is 0.916. The molecule has 7 nitrogen and oxygen atoms in total. The monoisotopic (exact) mass is 292 g/mol. The summed E-state index contributed by atoms with van der Waals surface area (Å²) < 4.78 is 3.12. The molecule has 0 fully saturated rings. The maximum atomic E-state index is 12.3. The summed E-state index contributed by atoms with van der Waals surface area (Å²) in [4.78, 5) is 25.2. The number of fused-ring (bicyclic) bond motifs is 2. The molecule has 4 aromatic rings. The highest BCUT2D eigenvalue weighted by Gasteiger charge is 2.08. The van der Waals surface area contributed by atoms with Crippen molar-refractivity contribution in [1.29, 1.82) is 0 Å². The molecule has 22 heavy (non-hydrogen) atoms. The summed E-state index contributed by atoms with van der Waals surface area (Å²) in [5, 5.41) is 4.23. The predicted molar refractivity (Wildman–Crippen MR) is 80.7 cm³/mol. The summed E-state index contributed by atoms with van der Waals surface area (Å²) in [6.45, 7) is 3.74. The maximum Gasteiger partial charge on any atom is 0.258 e. The van der Waals surface area contributed by atoms with Gasteiger partial charge in [-0.2, -0.15) is 10.1 Å². The van der Waals surface area contributed by atoms with E-state index in [2.05, 4.69) is 20.1 Å². The Labute approximate surface area is 124 Å². The molecular weight excluding hydrogens is 280 g/mol. The lowest BCUT2D eigenvalue weighted by Gasteiger charge is -2.05. The SMILES string of the molecule is Cc1ccc2nc(-c3cnc4nc(C)nn4c3)cc(=O)n2c1. The summed E-state index contributed by atoms with van der Waals surface area (Å²) in [6.07, 6.45) is 5.20. The molecule has 0 atom stereocenters. The molecule has 0 saturated carbocycles. The molecular formula is C15H12N6O. The second-order valence-electron chi connectivity index (χ2n) is 5.16. The first kappa shape index (κ1) is 12.6. The Morgan fingerprint density at radius 2 is 1.95 bits per heavy atom. The second kappa shape index (κ2) is 4.45. The van der Waals surface area contributed by atoms with Gasteiger partial charge in [0, 0.05) is 30.2 Å². The van der Waals surface area contributed by atoms with Crippen LogP contribution in [-0.4, -0.2) is 29.0 Å². The van der Waals surface area contributed by atoms with Gasteiger partial charge in [0.2, 0.25) is 0 Å². The van der Waals surface area contributed by atoms with Gasteiger partial charge in [0.15, 0.2) is 0 Å². The standard InChI is InChI=1S/C15H12N6O/c1-9-3-4-13-18-12(5-14(22)20(13)7-9)11-6-16-15-17-10(2)19-21(15)8-11/h3-8H,1-2H3. The van der Waals surface area contributed by atoms with Crippen LogP contribution in [0.3, 0.4) is 0 Å². The highest BCUT2D eigenvalue weighted by Crippen LogP contribution is 2.15. The third kappa shape index (κ3) is 1.95. The first-order valence-electron chi connectivity index (χ1n) is 6.80. The van der Waals surface area contributed by atoms with Gasteiger partial charge in [-0.15, -0.1) is 0 Å². The molecule has 0 amide bonds. The maximum absolute atomic E-state index is 12.3. The minimum atomic E-state index is -0.126. The Hall–Kier alpha value is -3.09. The molecule has 0 radical (unpaired) electrons. The van der Waals surface area contributed by atoms with E-state index in [1.165, 1.54) is 10.5 Å². The van der Waals surface area contributed by atoms with Crippen LogP contribution < -0.4 is 5.56 Å². The van der Waals surface area contributed by atoms with E-state index in [-0.39, 0.29) is 5.56 Å². The van der Waals surface area contributed by atoms with Crippen molar-refractivity contribution < 1.29 is 0 Å². The van der Waals surface area contributed by atoms with Crippen LogP contribution in [0.4, 0.5) is 0 Å². The van der Waals surface area contributed by atoms with Gasteiger partial charge in [-0.05, 0) is 25.5 Å². The van der Waals surface area contributed by atoms with Crippen molar-refractivity contribution in [3.63, 3.8) is 0 Å². The predicted octanol–water partition coefficient (Wildman–Crippen LogP) is 1.42. The normalized spacial score (nSPS) is 11.4. The van der Waals surface area contributed by atoms with Gasteiger partial charge >= 0.3 is 0 Å². The Balaban J connectivity index is 1.95. The Morgan fingerprint density at radius 1 is 1.09 bits per heavy atom. The van der Waals surface area contributed by atoms with Crippen LogP contribution >= 0.6 is 0 Å². The molecule has 0 N–H and O–H groups in total. The van der Waals surface area contributed by atoms with E-state index in [1.54, 1.807) is 30.0 Å². The summed E-state index contributed by atoms with van der Waals surface area (Å²) in [6, 6.07) is 5.25. The fourth-order valence-electron chi connectivity index (χ4n) is 2.38. The molecule has 0 saturated heterocycles. The third-order valence-electron chi connectivity index (χ3n) is 3.40. The number of hydrogen-bond acceptors (Lipinski definition) is 5. The molecule has 4 heterocycles. The van der Waals surface area contributed by atoms with Gasteiger partial charge in [-0.1, -0.05) is 6.07 Å². The number of hydrogen-bond donors (Lipinski definition) is 0. The van der Waals surface area contributed by atoms with Crippen molar-refractivity contribution in [3.8, 4) is 11.3 Å². The lowest BCUT2D eigenvalue weighted by atomic mass is 10.2. The molecule has 0 unspecified atom stereocenters. The van der Waals surface area contributed by atoms with Crippen LogP contribution in [-0.2, 0) is 0 Å². The molecule has 0 aromatic carbocycles. The summed E-state index contributed by atoms with van der Waals surface area (Å²) in [7, 11) is 0. The number of nitrogens with zero attached hydrogens (tertiary/aromatic N) is 6. The van der Waals surface area contributed by atoms with E-state index in [0.29, 0.717) is 22.9 Å². The van der Waals surface area contributed by atoms with Crippen molar-refractivity contribution in [2.75, 3.05) is 0 Å². The van der Waals surface area contributed by atoms with Crippen molar-refractivity contribution >= 4 is 11.4 Å². The van der Waals surface area contributed by atoms with Crippen LogP contribution in [0.25, 0.3) is 22.7 Å². The minimum Gasteiger partial charge on any atom is -0.269 e. The van der Waals surface area contributed by atoms with Crippen molar-refractivity contribution in [2.24, 2.45) is 0 Å². The molecule has 0 aliphatic carbocycles. The van der Waals surface area contributed by atoms with E-state index in [9.17, 15) is 4.79 Å². The van der Waals surface area contributed by atoms with E-state index in [1.807, 2.05) is 19.1 Å². The Bertz CT molecular complexity index is 1080. The molecule has 108 valence electrons. The third-order valence-corrected chi connectivity index (χ3v) is 3.40. The van der Waals surface area contributed by atoms with Crippen LogP contribution in [0.2, 0.25) is 0 Å². The molecule has 7 heteroatoms. The van der Waals surface area contributed by atoms with Crippen molar-refractivity contribution in [2.45, 2.75) is 13.8 Å². The Morgan fingerprint density at radius 3 is 2.82 bits per heavy atom. The van der Waals surface area contributed by atoms with Gasteiger partial charge in [-0.25, -0.2) is 14.5 Å². The largest absolute Gasteiger partial charge is 0.269 e. The summed E-state index contributed by atoms with van der Waals surface area (Å²) in [5.74, 6) is 1.17. The van der Waals surface area contributed by atoms with Gasteiger partial charge in [0.05, 0.1) is 5.69 Å². The van der Waals surface area contributed by atoms with Gasteiger partial charge in [-0.3, -0.25) is 9.20 Å². The zero-order valence-corrected chi connectivity index (χ0v) is 12.1. The molecule has 4 aromatic heterocycles. The number of rotatable bonds is 1. The van der Waals surface area contributed by atoms with Gasteiger partial charge < -0.3 is 0 Å².